The second-order valence-electron chi connectivity index (χ2n) is 7.59. The summed E-state index contributed by atoms with van der Waals surface area (Å²) in [7, 11) is 0. The fourth-order valence-electron chi connectivity index (χ4n) is 4.12. The summed E-state index contributed by atoms with van der Waals surface area (Å²) in [6.07, 6.45) is -1.36. The Balaban J connectivity index is 1.67. The highest BCUT2D eigenvalue weighted by molar-refractivity contribution is 9.10. The Kier molecular flexibility index (Phi) is 5.91. The summed E-state index contributed by atoms with van der Waals surface area (Å²) in [5.74, 6) is -4.32. The van der Waals surface area contributed by atoms with Crippen molar-refractivity contribution in [1.82, 2.24) is 10.6 Å². The lowest BCUT2D eigenvalue weighted by atomic mass is 9.77. The highest BCUT2D eigenvalue weighted by Gasteiger charge is 2.60. The third kappa shape index (κ3) is 4.00. The second-order valence-corrected chi connectivity index (χ2v) is 9.64. The first-order valence-electron chi connectivity index (χ1n) is 9.41. The van der Waals surface area contributed by atoms with Crippen molar-refractivity contribution in [1.29, 1.82) is 0 Å². The average molecular weight is 501 g/mol. The van der Waals surface area contributed by atoms with Crippen LogP contribution in [0.2, 0.25) is 0 Å². The number of hydrogen-bond donors (Lipinski definition) is 2. The first kappa shape index (κ1) is 21.7. The number of rotatable bonds is 4. The second kappa shape index (κ2) is 8.18. The van der Waals surface area contributed by atoms with Crippen molar-refractivity contribution in [3.8, 4) is 0 Å². The molecule has 0 aliphatic carbocycles. The maximum atomic E-state index is 14.9. The number of alkyl halides is 2. The van der Waals surface area contributed by atoms with Crippen LogP contribution in [0.3, 0.4) is 0 Å². The Bertz CT molecular complexity index is 944. The van der Waals surface area contributed by atoms with Gasteiger partial charge in [-0.3, -0.25) is 10.1 Å². The van der Waals surface area contributed by atoms with Crippen molar-refractivity contribution in [2.45, 2.75) is 30.0 Å². The molecule has 0 spiro atoms. The zero-order chi connectivity index (χ0) is 21.5. The van der Waals surface area contributed by atoms with Crippen LogP contribution in [0, 0.1) is 11.7 Å². The number of ether oxygens (including phenoxy) is 1. The molecule has 2 fully saturated rings. The molecular weight excluding hydrogens is 481 g/mol. The normalized spacial score (nSPS) is 28.8. The predicted octanol–water partition coefficient (Wildman–Crippen LogP) is 4.50. The molecule has 2 aromatic rings. The van der Waals surface area contributed by atoms with Gasteiger partial charge in [0.15, 0.2) is 0 Å². The molecule has 2 aromatic carbocycles. The summed E-state index contributed by atoms with van der Waals surface area (Å²) in [5, 5.41) is 6.09. The number of hydrogen-bond acceptors (Lipinski definition) is 4. The van der Waals surface area contributed by atoms with Gasteiger partial charge in [0, 0.05) is 34.2 Å². The topological polar surface area (TPSA) is 50.4 Å². The lowest BCUT2D eigenvalue weighted by Crippen LogP contribution is -2.62. The smallest absolute Gasteiger partial charge is 0.271 e. The number of thioether (sulfide) groups is 1. The molecule has 2 heterocycles. The fraction of sp³-hybridized carbons (Fsp3) is 0.381. The van der Waals surface area contributed by atoms with E-state index in [4.69, 9.17) is 4.74 Å². The molecule has 1 unspecified atom stereocenters. The predicted molar refractivity (Wildman–Crippen MR) is 113 cm³/mol. The molecule has 2 saturated heterocycles. The van der Waals surface area contributed by atoms with E-state index in [0.29, 0.717) is 10.0 Å². The fourth-order valence-corrected chi connectivity index (χ4v) is 5.82. The van der Waals surface area contributed by atoms with E-state index < -0.39 is 34.8 Å². The van der Waals surface area contributed by atoms with Crippen LogP contribution in [-0.2, 0) is 10.3 Å². The standard InChI is InChI=1S/C21H20BrF3N2O2S/c1-20(24,25)17-15-10-30-19(26-18(28)12-5-3-2-4-6-12)27-21(15,11-29-17)14-9-13(22)7-8-16(14)23/h2-9,15,17,19,27H,10-11H2,1H3,(H,26,28)/t15-,17+,19?,21-/m1/s1. The third-order valence-corrected chi connectivity index (χ3v) is 7.14. The molecule has 0 radical (unpaired) electrons. The number of halogens is 4. The Morgan fingerprint density at radius 1 is 1.30 bits per heavy atom. The molecule has 30 heavy (non-hydrogen) atoms. The minimum absolute atomic E-state index is 0.128. The summed E-state index contributed by atoms with van der Waals surface area (Å²) in [6, 6.07) is 13.1. The van der Waals surface area contributed by atoms with Gasteiger partial charge in [-0.05, 0) is 30.3 Å². The number of fused-ring (bicyclic) bond motifs is 1. The van der Waals surface area contributed by atoms with Gasteiger partial charge in [0.25, 0.3) is 11.8 Å². The number of carbonyl (C=O) groups excluding carboxylic acids is 1. The highest BCUT2D eigenvalue weighted by Crippen LogP contribution is 2.50. The monoisotopic (exact) mass is 500 g/mol. The van der Waals surface area contributed by atoms with E-state index in [2.05, 4.69) is 26.6 Å². The van der Waals surface area contributed by atoms with Gasteiger partial charge in [0.2, 0.25) is 0 Å². The molecule has 1 amide bonds. The lowest BCUT2D eigenvalue weighted by Gasteiger charge is -2.44. The van der Waals surface area contributed by atoms with Gasteiger partial charge in [-0.25, -0.2) is 13.2 Å². The van der Waals surface area contributed by atoms with Crippen molar-refractivity contribution in [2.24, 2.45) is 5.92 Å². The van der Waals surface area contributed by atoms with Crippen molar-refractivity contribution >= 4 is 33.6 Å². The van der Waals surface area contributed by atoms with Gasteiger partial charge in [0.05, 0.1) is 12.1 Å². The minimum atomic E-state index is -3.09. The highest BCUT2D eigenvalue weighted by atomic mass is 79.9. The summed E-state index contributed by atoms with van der Waals surface area (Å²) >= 11 is 4.63. The van der Waals surface area contributed by atoms with E-state index in [-0.39, 0.29) is 23.8 Å². The van der Waals surface area contributed by atoms with Gasteiger partial charge >= 0.3 is 0 Å². The van der Waals surface area contributed by atoms with Gasteiger partial charge in [0.1, 0.15) is 17.4 Å². The molecular formula is C21H20BrF3N2O2S. The summed E-state index contributed by atoms with van der Waals surface area (Å²) in [6.45, 7) is 0.691. The Morgan fingerprint density at radius 2 is 2.03 bits per heavy atom. The van der Waals surface area contributed by atoms with E-state index in [1.54, 1.807) is 42.5 Å². The van der Waals surface area contributed by atoms with Gasteiger partial charge in [-0.15, -0.1) is 11.8 Å². The Labute approximate surface area is 185 Å². The molecule has 4 rings (SSSR count). The number of carbonyl (C=O) groups is 1. The van der Waals surface area contributed by atoms with E-state index in [9.17, 15) is 18.0 Å². The largest absolute Gasteiger partial charge is 0.369 e. The molecule has 4 nitrogen and oxygen atoms in total. The van der Waals surface area contributed by atoms with E-state index in [1.165, 1.54) is 17.8 Å². The summed E-state index contributed by atoms with van der Waals surface area (Å²) in [4.78, 5) is 12.6. The first-order chi connectivity index (χ1) is 14.2. The van der Waals surface area contributed by atoms with Crippen LogP contribution >= 0.6 is 27.7 Å². The quantitative estimate of drug-likeness (QED) is 0.648. The maximum Gasteiger partial charge on any atom is 0.271 e. The van der Waals surface area contributed by atoms with E-state index >= 15 is 0 Å². The van der Waals surface area contributed by atoms with Crippen LogP contribution in [0.5, 0.6) is 0 Å². The number of benzene rings is 2. The molecule has 0 saturated carbocycles. The maximum absolute atomic E-state index is 14.9. The molecule has 4 atom stereocenters. The van der Waals surface area contributed by atoms with Crippen LogP contribution in [0.4, 0.5) is 13.2 Å². The van der Waals surface area contributed by atoms with Crippen molar-refractivity contribution in [3.63, 3.8) is 0 Å². The van der Waals surface area contributed by atoms with Crippen LogP contribution in [-0.4, -0.2) is 35.8 Å². The SMILES string of the molecule is CC(F)(F)[C@H]1OC[C@]2(c3cc(Br)ccc3F)NC(NC(=O)c3ccccc3)SC[C@H]12. The van der Waals surface area contributed by atoms with E-state index in [0.717, 1.165) is 6.92 Å². The lowest BCUT2D eigenvalue weighted by molar-refractivity contribution is -0.113. The molecule has 0 aromatic heterocycles. The molecule has 160 valence electrons. The number of nitrogens with one attached hydrogen (secondary N) is 2. The van der Waals surface area contributed by atoms with Gasteiger partial charge in [-0.1, -0.05) is 34.1 Å². The first-order valence-corrected chi connectivity index (χ1v) is 11.2. The van der Waals surface area contributed by atoms with Crippen molar-refractivity contribution in [3.05, 3.63) is 69.9 Å². The van der Waals surface area contributed by atoms with Crippen molar-refractivity contribution in [2.75, 3.05) is 12.4 Å². The van der Waals surface area contributed by atoms with Crippen LogP contribution in [0.15, 0.2) is 53.0 Å². The number of amides is 1. The van der Waals surface area contributed by atoms with Gasteiger partial charge < -0.3 is 10.1 Å². The average Bonchev–Trinajstić information content (AvgIpc) is 3.10. The summed E-state index contributed by atoms with van der Waals surface area (Å²) in [5.41, 5.74) is -1.07. The van der Waals surface area contributed by atoms with Crippen LogP contribution in [0.1, 0.15) is 22.8 Å². The molecule has 2 N–H and O–H groups in total. The molecule has 2 aliphatic heterocycles. The van der Waals surface area contributed by atoms with Gasteiger partial charge in [-0.2, -0.15) is 0 Å². The zero-order valence-corrected chi connectivity index (χ0v) is 18.4. The molecule has 9 heteroatoms. The Morgan fingerprint density at radius 3 is 2.73 bits per heavy atom. The summed E-state index contributed by atoms with van der Waals surface area (Å²) < 4.78 is 49.5. The van der Waals surface area contributed by atoms with E-state index in [1.807, 2.05) is 0 Å². The minimum Gasteiger partial charge on any atom is -0.369 e. The van der Waals surface area contributed by atoms with Crippen molar-refractivity contribution < 1.29 is 22.7 Å². The molecule has 2 aliphatic rings. The van der Waals surface area contributed by atoms with Crippen LogP contribution < -0.4 is 10.6 Å². The zero-order valence-electron chi connectivity index (χ0n) is 16.0. The Hall–Kier alpha value is -1.55. The van der Waals surface area contributed by atoms with Crippen LogP contribution in [0.25, 0.3) is 0 Å². The molecule has 0 bridgehead atoms. The third-order valence-electron chi connectivity index (χ3n) is 5.53.